The summed E-state index contributed by atoms with van der Waals surface area (Å²) in [7, 11) is 0. The SMILES string of the molecule is C=C/C(=C\C=C/C)[C@H](O)CNC(=O)OC(C)(C)C.CC. The van der Waals surface area contributed by atoms with Crippen molar-refractivity contribution in [3.63, 3.8) is 0 Å². The number of aliphatic hydroxyl groups is 1. The lowest BCUT2D eigenvalue weighted by Crippen LogP contribution is -2.37. The van der Waals surface area contributed by atoms with E-state index in [1.165, 1.54) is 0 Å². The number of allylic oxidation sites excluding steroid dienone is 3. The summed E-state index contributed by atoms with van der Waals surface area (Å²) in [5, 5.41) is 12.3. The summed E-state index contributed by atoms with van der Waals surface area (Å²) in [4.78, 5) is 11.4. The molecule has 1 atom stereocenters. The largest absolute Gasteiger partial charge is 0.444 e. The van der Waals surface area contributed by atoms with Crippen molar-refractivity contribution in [3.05, 3.63) is 36.5 Å². The highest BCUT2D eigenvalue weighted by Gasteiger charge is 2.17. The van der Waals surface area contributed by atoms with Gasteiger partial charge in [-0.15, -0.1) is 0 Å². The third-order valence-corrected chi connectivity index (χ3v) is 1.94. The monoisotopic (exact) mass is 283 g/mol. The van der Waals surface area contributed by atoms with E-state index in [0.717, 1.165) is 0 Å². The van der Waals surface area contributed by atoms with Crippen LogP contribution in [0.3, 0.4) is 0 Å². The highest BCUT2D eigenvalue weighted by molar-refractivity contribution is 5.67. The maximum Gasteiger partial charge on any atom is 0.407 e. The lowest BCUT2D eigenvalue weighted by atomic mass is 10.1. The van der Waals surface area contributed by atoms with Gasteiger partial charge in [0.25, 0.3) is 0 Å². The van der Waals surface area contributed by atoms with Crippen molar-refractivity contribution in [2.75, 3.05) is 6.54 Å². The van der Waals surface area contributed by atoms with Crippen molar-refractivity contribution in [2.24, 2.45) is 0 Å². The Hall–Kier alpha value is -1.55. The zero-order valence-corrected chi connectivity index (χ0v) is 13.6. The fourth-order valence-electron chi connectivity index (χ4n) is 1.13. The van der Waals surface area contributed by atoms with E-state index in [1.54, 1.807) is 39.0 Å². The van der Waals surface area contributed by atoms with Crippen LogP contribution in [0.1, 0.15) is 41.5 Å². The Morgan fingerprint density at radius 1 is 1.40 bits per heavy atom. The number of carbonyl (C=O) groups is 1. The summed E-state index contributed by atoms with van der Waals surface area (Å²) < 4.78 is 5.06. The Kier molecular flexibility index (Phi) is 11.7. The van der Waals surface area contributed by atoms with Gasteiger partial charge in [-0.3, -0.25) is 0 Å². The Morgan fingerprint density at radius 3 is 2.35 bits per heavy atom. The van der Waals surface area contributed by atoms with Gasteiger partial charge < -0.3 is 15.2 Å². The number of hydrogen-bond acceptors (Lipinski definition) is 3. The van der Waals surface area contributed by atoms with Crippen molar-refractivity contribution < 1.29 is 14.6 Å². The van der Waals surface area contributed by atoms with E-state index in [9.17, 15) is 9.90 Å². The van der Waals surface area contributed by atoms with E-state index < -0.39 is 17.8 Å². The van der Waals surface area contributed by atoms with Gasteiger partial charge in [0.15, 0.2) is 0 Å². The molecule has 0 unspecified atom stereocenters. The number of nitrogens with one attached hydrogen (secondary N) is 1. The van der Waals surface area contributed by atoms with Gasteiger partial charge in [0.2, 0.25) is 0 Å². The maximum absolute atomic E-state index is 11.4. The summed E-state index contributed by atoms with van der Waals surface area (Å²) in [5.41, 5.74) is 0.0982. The van der Waals surface area contributed by atoms with E-state index in [4.69, 9.17) is 4.74 Å². The molecule has 0 bridgehead atoms. The van der Waals surface area contributed by atoms with Crippen LogP contribution in [-0.4, -0.2) is 29.4 Å². The molecule has 1 amide bonds. The van der Waals surface area contributed by atoms with E-state index in [0.29, 0.717) is 5.57 Å². The summed E-state index contributed by atoms with van der Waals surface area (Å²) >= 11 is 0. The second kappa shape index (κ2) is 11.3. The fraction of sp³-hybridized carbons (Fsp3) is 0.562. The number of aliphatic hydroxyl groups excluding tert-OH is 1. The highest BCUT2D eigenvalue weighted by Crippen LogP contribution is 2.07. The quantitative estimate of drug-likeness (QED) is 0.758. The van der Waals surface area contributed by atoms with E-state index in [1.807, 2.05) is 26.8 Å². The molecule has 4 nitrogen and oxygen atoms in total. The van der Waals surface area contributed by atoms with Crippen LogP contribution < -0.4 is 5.32 Å². The topological polar surface area (TPSA) is 58.6 Å². The molecular weight excluding hydrogens is 254 g/mol. The molecule has 0 aliphatic heterocycles. The lowest BCUT2D eigenvalue weighted by molar-refractivity contribution is 0.0503. The molecule has 116 valence electrons. The standard InChI is InChI=1S/C14H23NO3.C2H6/c1-6-8-9-11(7-2)12(16)10-15-13(17)18-14(3,4)5;1-2/h6-9,12,16H,2,10H2,1,3-5H3,(H,15,17);1-2H3/b8-6-,11-9+;/t12-;/m1./s1. The van der Waals surface area contributed by atoms with Gasteiger partial charge in [-0.2, -0.15) is 0 Å². The smallest absolute Gasteiger partial charge is 0.407 e. The van der Waals surface area contributed by atoms with Crippen LogP contribution in [0.15, 0.2) is 36.5 Å². The number of ether oxygens (including phenoxy) is 1. The first-order valence-corrected chi connectivity index (χ1v) is 6.90. The minimum Gasteiger partial charge on any atom is -0.444 e. The first-order chi connectivity index (χ1) is 9.30. The number of rotatable bonds is 5. The van der Waals surface area contributed by atoms with Crippen molar-refractivity contribution in [3.8, 4) is 0 Å². The van der Waals surface area contributed by atoms with Crippen LogP contribution >= 0.6 is 0 Å². The zero-order valence-electron chi connectivity index (χ0n) is 13.6. The second-order valence-corrected chi connectivity index (χ2v) is 4.80. The molecule has 0 aromatic carbocycles. The van der Waals surface area contributed by atoms with E-state index >= 15 is 0 Å². The van der Waals surface area contributed by atoms with Gasteiger partial charge in [-0.05, 0) is 33.3 Å². The molecule has 0 spiro atoms. The molecule has 0 aliphatic rings. The van der Waals surface area contributed by atoms with Crippen LogP contribution in [0.25, 0.3) is 0 Å². The third kappa shape index (κ3) is 11.5. The average molecular weight is 283 g/mol. The minimum atomic E-state index is -0.800. The van der Waals surface area contributed by atoms with Crippen LogP contribution in [-0.2, 0) is 4.74 Å². The Labute approximate surface area is 123 Å². The maximum atomic E-state index is 11.4. The van der Waals surface area contributed by atoms with Crippen LogP contribution in [0.5, 0.6) is 0 Å². The van der Waals surface area contributed by atoms with E-state index in [-0.39, 0.29) is 6.54 Å². The van der Waals surface area contributed by atoms with Crippen LogP contribution in [0.4, 0.5) is 4.79 Å². The molecule has 0 aromatic rings. The van der Waals surface area contributed by atoms with E-state index in [2.05, 4.69) is 11.9 Å². The highest BCUT2D eigenvalue weighted by atomic mass is 16.6. The first-order valence-electron chi connectivity index (χ1n) is 6.90. The Bertz CT molecular complexity index is 338. The molecule has 20 heavy (non-hydrogen) atoms. The van der Waals surface area contributed by atoms with Crippen molar-refractivity contribution >= 4 is 6.09 Å². The molecule has 0 aromatic heterocycles. The normalized spacial score (nSPS) is 13.2. The molecule has 4 heteroatoms. The van der Waals surface area contributed by atoms with Gasteiger partial charge in [0.1, 0.15) is 5.60 Å². The predicted octanol–water partition coefficient (Wildman–Crippen LogP) is 3.59. The zero-order chi connectivity index (χ0) is 16.2. The predicted molar refractivity (Wildman–Crippen MR) is 84.7 cm³/mol. The average Bonchev–Trinajstić information content (AvgIpc) is 2.37. The molecule has 0 heterocycles. The molecule has 0 saturated heterocycles. The Balaban J connectivity index is 0. The van der Waals surface area contributed by atoms with Crippen molar-refractivity contribution in [1.82, 2.24) is 5.32 Å². The molecule has 0 rings (SSSR count). The van der Waals surface area contributed by atoms with Gasteiger partial charge in [-0.1, -0.05) is 44.7 Å². The molecular formula is C16H29NO3. The molecule has 0 fully saturated rings. The van der Waals surface area contributed by atoms with Crippen molar-refractivity contribution in [2.45, 2.75) is 53.2 Å². The second-order valence-electron chi connectivity index (χ2n) is 4.80. The summed E-state index contributed by atoms with van der Waals surface area (Å²) in [6, 6.07) is 0. The van der Waals surface area contributed by atoms with Crippen LogP contribution in [0.2, 0.25) is 0 Å². The van der Waals surface area contributed by atoms with Gasteiger partial charge in [-0.25, -0.2) is 4.79 Å². The number of hydrogen-bond donors (Lipinski definition) is 2. The minimum absolute atomic E-state index is 0.0876. The number of alkyl carbamates (subject to hydrolysis) is 1. The summed E-state index contributed by atoms with van der Waals surface area (Å²) in [6.45, 7) is 14.9. The third-order valence-electron chi connectivity index (χ3n) is 1.94. The van der Waals surface area contributed by atoms with Gasteiger partial charge in [0.05, 0.1) is 12.6 Å². The molecule has 0 aliphatic carbocycles. The number of carbonyl (C=O) groups excluding carboxylic acids is 1. The number of amides is 1. The lowest BCUT2D eigenvalue weighted by Gasteiger charge is -2.20. The van der Waals surface area contributed by atoms with Gasteiger partial charge in [0, 0.05) is 0 Å². The summed E-state index contributed by atoms with van der Waals surface area (Å²) in [5.74, 6) is 0. The molecule has 2 N–H and O–H groups in total. The molecule has 0 saturated carbocycles. The fourth-order valence-corrected chi connectivity index (χ4v) is 1.13. The van der Waals surface area contributed by atoms with Crippen LogP contribution in [0, 0.1) is 0 Å². The van der Waals surface area contributed by atoms with Gasteiger partial charge >= 0.3 is 6.09 Å². The first kappa shape index (κ1) is 20.8. The summed E-state index contributed by atoms with van der Waals surface area (Å²) in [6.07, 6.45) is 5.60. The van der Waals surface area contributed by atoms with Crippen molar-refractivity contribution in [1.29, 1.82) is 0 Å². The molecule has 0 radical (unpaired) electrons. The Morgan fingerprint density at radius 2 is 1.95 bits per heavy atom.